The summed E-state index contributed by atoms with van der Waals surface area (Å²) in [5, 5.41) is 30.5. The zero-order valence-electron chi connectivity index (χ0n) is 8.75. The Labute approximate surface area is 87.9 Å². The zero-order valence-corrected chi connectivity index (χ0v) is 8.75. The third-order valence-electron chi connectivity index (χ3n) is 2.53. The van der Waals surface area contributed by atoms with Gasteiger partial charge in [0.15, 0.2) is 6.29 Å². The summed E-state index contributed by atoms with van der Waals surface area (Å²) in [4.78, 5) is 10.8. The molecule has 1 heterocycles. The fourth-order valence-electron chi connectivity index (χ4n) is 1.67. The molecule has 1 aliphatic rings. The molecule has 1 amide bonds. The highest BCUT2D eigenvalue weighted by Crippen LogP contribution is 2.25. The molecule has 0 aromatic carbocycles. The Morgan fingerprint density at radius 1 is 1.53 bits per heavy atom. The van der Waals surface area contributed by atoms with Crippen molar-refractivity contribution in [2.45, 2.75) is 38.4 Å². The van der Waals surface area contributed by atoms with Gasteiger partial charge < -0.3 is 25.4 Å². The van der Waals surface area contributed by atoms with E-state index in [9.17, 15) is 15.0 Å². The SMILES string of the molecule is CC(=O)N[C@H]1C(O)O[C@H]([C@@H](C)CO)C1O. The molecule has 1 saturated heterocycles. The van der Waals surface area contributed by atoms with Crippen molar-refractivity contribution in [3.05, 3.63) is 0 Å². The van der Waals surface area contributed by atoms with Crippen molar-refractivity contribution in [2.75, 3.05) is 6.61 Å². The van der Waals surface area contributed by atoms with Crippen LogP contribution in [0.3, 0.4) is 0 Å². The van der Waals surface area contributed by atoms with Gasteiger partial charge in [0.1, 0.15) is 12.1 Å². The molecular weight excluding hydrogens is 202 g/mol. The quantitative estimate of drug-likeness (QED) is 0.449. The van der Waals surface area contributed by atoms with Crippen molar-refractivity contribution in [3.63, 3.8) is 0 Å². The monoisotopic (exact) mass is 219 g/mol. The van der Waals surface area contributed by atoms with E-state index < -0.39 is 24.5 Å². The molecule has 15 heavy (non-hydrogen) atoms. The highest BCUT2D eigenvalue weighted by atomic mass is 16.6. The van der Waals surface area contributed by atoms with Gasteiger partial charge in [-0.15, -0.1) is 0 Å². The van der Waals surface area contributed by atoms with E-state index in [-0.39, 0.29) is 18.4 Å². The highest BCUT2D eigenvalue weighted by molar-refractivity contribution is 5.73. The summed E-state index contributed by atoms with van der Waals surface area (Å²) >= 11 is 0. The maximum absolute atomic E-state index is 10.8. The molecule has 4 N–H and O–H groups in total. The van der Waals surface area contributed by atoms with E-state index in [0.717, 1.165) is 0 Å². The fourth-order valence-corrected chi connectivity index (χ4v) is 1.67. The minimum atomic E-state index is -1.23. The van der Waals surface area contributed by atoms with Crippen LogP contribution in [0.1, 0.15) is 13.8 Å². The van der Waals surface area contributed by atoms with Gasteiger partial charge in [0, 0.05) is 19.4 Å². The van der Waals surface area contributed by atoms with Crippen LogP contribution in [0.2, 0.25) is 0 Å². The number of hydrogen-bond donors (Lipinski definition) is 4. The molecule has 2 unspecified atom stereocenters. The first-order valence-electron chi connectivity index (χ1n) is 4.87. The summed E-state index contributed by atoms with van der Waals surface area (Å²) in [7, 11) is 0. The van der Waals surface area contributed by atoms with Gasteiger partial charge in [-0.1, -0.05) is 6.92 Å². The molecule has 0 bridgehead atoms. The number of nitrogens with one attached hydrogen (secondary N) is 1. The third-order valence-corrected chi connectivity index (χ3v) is 2.53. The maximum Gasteiger partial charge on any atom is 0.217 e. The average molecular weight is 219 g/mol. The lowest BCUT2D eigenvalue weighted by atomic mass is 9.98. The Hall–Kier alpha value is -0.690. The molecule has 0 saturated carbocycles. The molecule has 1 aliphatic heterocycles. The van der Waals surface area contributed by atoms with E-state index in [1.54, 1.807) is 6.92 Å². The first-order chi connectivity index (χ1) is 6.97. The van der Waals surface area contributed by atoms with Gasteiger partial charge in [-0.25, -0.2) is 0 Å². The van der Waals surface area contributed by atoms with Gasteiger partial charge in [0.2, 0.25) is 5.91 Å². The molecule has 0 aromatic heterocycles. The summed E-state index contributed by atoms with van der Waals surface area (Å²) in [6, 6.07) is -0.832. The molecule has 0 aliphatic carbocycles. The molecule has 0 spiro atoms. The molecule has 6 heteroatoms. The number of ether oxygens (including phenoxy) is 1. The second-order valence-electron chi connectivity index (χ2n) is 3.87. The Balaban J connectivity index is 2.65. The Bertz CT molecular complexity index is 235. The first-order valence-corrected chi connectivity index (χ1v) is 4.87. The van der Waals surface area contributed by atoms with Crippen LogP contribution in [-0.4, -0.2) is 52.4 Å². The number of carbonyl (C=O) groups excluding carboxylic acids is 1. The normalized spacial score (nSPS) is 37.7. The van der Waals surface area contributed by atoms with Crippen LogP contribution in [-0.2, 0) is 9.53 Å². The van der Waals surface area contributed by atoms with Crippen molar-refractivity contribution < 1.29 is 24.9 Å². The summed E-state index contributed by atoms with van der Waals surface area (Å²) in [5.74, 6) is -0.646. The lowest BCUT2D eigenvalue weighted by Crippen LogP contribution is -2.47. The minimum Gasteiger partial charge on any atom is -0.396 e. The van der Waals surface area contributed by atoms with Gasteiger partial charge in [0.25, 0.3) is 0 Å². The number of aliphatic hydroxyl groups excluding tert-OH is 3. The molecule has 6 nitrogen and oxygen atoms in total. The van der Waals surface area contributed by atoms with Crippen LogP contribution in [0.4, 0.5) is 0 Å². The van der Waals surface area contributed by atoms with E-state index in [2.05, 4.69) is 5.32 Å². The average Bonchev–Trinajstić information content (AvgIpc) is 2.44. The van der Waals surface area contributed by atoms with Gasteiger partial charge in [-0.3, -0.25) is 4.79 Å². The maximum atomic E-state index is 10.8. The number of hydrogen-bond acceptors (Lipinski definition) is 5. The predicted octanol–water partition coefficient (Wildman–Crippen LogP) is -1.80. The van der Waals surface area contributed by atoms with Crippen LogP contribution in [0, 0.1) is 5.92 Å². The zero-order chi connectivity index (χ0) is 11.6. The van der Waals surface area contributed by atoms with Crippen molar-refractivity contribution in [1.29, 1.82) is 0 Å². The van der Waals surface area contributed by atoms with Crippen molar-refractivity contribution in [3.8, 4) is 0 Å². The molecule has 88 valence electrons. The number of carbonyl (C=O) groups is 1. The molecular formula is C9H17NO5. The van der Waals surface area contributed by atoms with Crippen molar-refractivity contribution in [2.24, 2.45) is 5.92 Å². The summed E-state index contributed by atoms with van der Waals surface area (Å²) in [6.45, 7) is 2.83. The molecule has 0 radical (unpaired) electrons. The van der Waals surface area contributed by atoms with Gasteiger partial charge in [-0.2, -0.15) is 0 Å². The van der Waals surface area contributed by atoms with Crippen LogP contribution < -0.4 is 5.32 Å². The van der Waals surface area contributed by atoms with Gasteiger partial charge >= 0.3 is 0 Å². The first kappa shape index (κ1) is 12.4. The van der Waals surface area contributed by atoms with Crippen LogP contribution in [0.15, 0.2) is 0 Å². The van der Waals surface area contributed by atoms with Crippen molar-refractivity contribution >= 4 is 5.91 Å². The van der Waals surface area contributed by atoms with E-state index in [1.165, 1.54) is 6.92 Å². The lowest BCUT2D eigenvalue weighted by molar-refractivity contribution is -0.129. The van der Waals surface area contributed by atoms with E-state index in [1.807, 2.05) is 0 Å². The molecule has 5 atom stereocenters. The van der Waals surface area contributed by atoms with Crippen LogP contribution in [0.5, 0.6) is 0 Å². The minimum absolute atomic E-state index is 0.152. The van der Waals surface area contributed by atoms with Crippen molar-refractivity contribution in [1.82, 2.24) is 5.32 Å². The lowest BCUT2D eigenvalue weighted by Gasteiger charge is -2.21. The Morgan fingerprint density at radius 3 is 2.60 bits per heavy atom. The molecule has 1 fully saturated rings. The number of amides is 1. The number of rotatable bonds is 3. The van der Waals surface area contributed by atoms with E-state index in [0.29, 0.717) is 0 Å². The van der Waals surface area contributed by atoms with Crippen LogP contribution >= 0.6 is 0 Å². The summed E-state index contributed by atoms with van der Waals surface area (Å²) < 4.78 is 5.07. The topological polar surface area (TPSA) is 99.0 Å². The summed E-state index contributed by atoms with van der Waals surface area (Å²) in [5.41, 5.74) is 0. The predicted molar refractivity (Wildman–Crippen MR) is 50.7 cm³/mol. The van der Waals surface area contributed by atoms with E-state index in [4.69, 9.17) is 9.84 Å². The molecule has 0 aromatic rings. The Morgan fingerprint density at radius 2 is 2.13 bits per heavy atom. The third kappa shape index (κ3) is 2.66. The van der Waals surface area contributed by atoms with E-state index >= 15 is 0 Å². The highest BCUT2D eigenvalue weighted by Gasteiger charge is 2.45. The Kier molecular flexibility index (Phi) is 4.04. The second-order valence-corrected chi connectivity index (χ2v) is 3.87. The molecule has 1 rings (SSSR count). The van der Waals surface area contributed by atoms with Gasteiger partial charge in [0.05, 0.1) is 6.10 Å². The second kappa shape index (κ2) is 4.89. The van der Waals surface area contributed by atoms with Crippen LogP contribution in [0.25, 0.3) is 0 Å². The fraction of sp³-hybridized carbons (Fsp3) is 0.889. The number of aliphatic hydroxyl groups is 3. The summed E-state index contributed by atoms with van der Waals surface area (Å²) in [6.07, 6.45) is -2.91. The largest absolute Gasteiger partial charge is 0.396 e. The smallest absolute Gasteiger partial charge is 0.217 e. The standard InChI is InChI=1S/C9H17NO5/c1-4(3-11)8-7(13)6(9(14)15-8)10-5(2)12/h4,6-9,11,13-14H,3H2,1-2H3,(H,10,12)/t4-,6+,7?,8+,9?/m0/s1. The van der Waals surface area contributed by atoms with Gasteiger partial charge in [-0.05, 0) is 0 Å².